The molecule has 0 aromatic heterocycles. The third-order valence-electron chi connectivity index (χ3n) is 2.71. The van der Waals surface area contributed by atoms with Crippen molar-refractivity contribution in [2.24, 2.45) is 0 Å². The van der Waals surface area contributed by atoms with Crippen molar-refractivity contribution in [3.63, 3.8) is 0 Å². The molecule has 0 aliphatic heterocycles. The van der Waals surface area contributed by atoms with Crippen LogP contribution in [0.1, 0.15) is 15.9 Å². The predicted octanol–water partition coefficient (Wildman–Crippen LogP) is 3.24. The molecule has 0 saturated carbocycles. The Morgan fingerprint density at radius 3 is 2.65 bits per heavy atom. The first-order valence-corrected chi connectivity index (χ1v) is 6.54. The molecule has 3 N–H and O–H groups in total. The number of hydrogen-bond donors (Lipinski definition) is 2. The molecule has 0 atom stereocenters. The zero-order chi connectivity index (χ0) is 14.7. The number of benzene rings is 2. The van der Waals surface area contributed by atoms with Gasteiger partial charge >= 0.3 is 0 Å². The van der Waals surface area contributed by atoms with E-state index in [0.29, 0.717) is 10.0 Å². The first-order chi connectivity index (χ1) is 9.47. The molecular formula is C14H11BrF2N2O. The van der Waals surface area contributed by atoms with Crippen molar-refractivity contribution in [1.82, 2.24) is 5.32 Å². The van der Waals surface area contributed by atoms with Crippen LogP contribution in [0.3, 0.4) is 0 Å². The quantitative estimate of drug-likeness (QED) is 0.842. The van der Waals surface area contributed by atoms with Crippen LogP contribution in [0.15, 0.2) is 40.9 Å². The smallest absolute Gasteiger partial charge is 0.253 e. The summed E-state index contributed by atoms with van der Waals surface area (Å²) in [5.41, 5.74) is 6.10. The molecule has 2 aromatic carbocycles. The maximum atomic E-state index is 13.5. The van der Waals surface area contributed by atoms with E-state index in [2.05, 4.69) is 21.2 Å². The fourth-order valence-electron chi connectivity index (χ4n) is 1.69. The summed E-state index contributed by atoms with van der Waals surface area (Å²) in [6.07, 6.45) is 0. The van der Waals surface area contributed by atoms with Gasteiger partial charge in [-0.05, 0) is 36.4 Å². The van der Waals surface area contributed by atoms with E-state index in [1.165, 1.54) is 12.1 Å². The van der Waals surface area contributed by atoms with E-state index in [9.17, 15) is 13.6 Å². The molecule has 0 saturated heterocycles. The van der Waals surface area contributed by atoms with E-state index in [1.807, 2.05) is 0 Å². The highest BCUT2D eigenvalue weighted by Gasteiger charge is 2.11. The van der Waals surface area contributed by atoms with E-state index < -0.39 is 17.5 Å². The van der Waals surface area contributed by atoms with E-state index in [0.717, 1.165) is 12.1 Å². The lowest BCUT2D eigenvalue weighted by atomic mass is 10.1. The average molecular weight is 341 g/mol. The summed E-state index contributed by atoms with van der Waals surface area (Å²) in [6.45, 7) is 0.0148. The second-order valence-electron chi connectivity index (χ2n) is 4.15. The summed E-state index contributed by atoms with van der Waals surface area (Å²) >= 11 is 3.23. The number of nitrogen functional groups attached to an aromatic ring is 1. The van der Waals surface area contributed by atoms with Gasteiger partial charge in [0, 0.05) is 22.3 Å². The Bertz CT molecular complexity index is 662. The van der Waals surface area contributed by atoms with E-state index in [4.69, 9.17) is 5.73 Å². The van der Waals surface area contributed by atoms with E-state index in [-0.39, 0.29) is 17.8 Å². The molecule has 0 aliphatic carbocycles. The van der Waals surface area contributed by atoms with Crippen molar-refractivity contribution in [2.45, 2.75) is 6.54 Å². The van der Waals surface area contributed by atoms with Crippen LogP contribution in [-0.4, -0.2) is 5.91 Å². The Hall–Kier alpha value is -1.95. The number of amides is 1. The van der Waals surface area contributed by atoms with Crippen molar-refractivity contribution in [1.29, 1.82) is 0 Å². The van der Waals surface area contributed by atoms with Gasteiger partial charge in [-0.15, -0.1) is 0 Å². The van der Waals surface area contributed by atoms with Crippen molar-refractivity contribution in [2.75, 3.05) is 5.73 Å². The Kier molecular flexibility index (Phi) is 4.34. The summed E-state index contributed by atoms with van der Waals surface area (Å²) in [7, 11) is 0. The van der Waals surface area contributed by atoms with Crippen molar-refractivity contribution in [3.8, 4) is 0 Å². The van der Waals surface area contributed by atoms with Gasteiger partial charge < -0.3 is 11.1 Å². The fraction of sp³-hybridized carbons (Fsp3) is 0.0714. The second kappa shape index (κ2) is 6.00. The molecule has 2 aromatic rings. The molecule has 0 unspecified atom stereocenters. The fourth-order valence-corrected chi connectivity index (χ4v) is 2.10. The Balaban J connectivity index is 2.10. The van der Waals surface area contributed by atoms with Crippen LogP contribution in [-0.2, 0) is 6.54 Å². The lowest BCUT2D eigenvalue weighted by Crippen LogP contribution is -2.24. The van der Waals surface area contributed by atoms with E-state index in [1.54, 1.807) is 12.1 Å². The van der Waals surface area contributed by atoms with Crippen LogP contribution in [0.2, 0.25) is 0 Å². The molecule has 0 fully saturated rings. The van der Waals surface area contributed by atoms with Crippen LogP contribution in [0.4, 0.5) is 14.5 Å². The van der Waals surface area contributed by atoms with E-state index >= 15 is 0 Å². The summed E-state index contributed by atoms with van der Waals surface area (Å²) < 4.78 is 27.1. The average Bonchev–Trinajstić information content (AvgIpc) is 2.39. The Morgan fingerprint density at radius 1 is 1.20 bits per heavy atom. The zero-order valence-corrected chi connectivity index (χ0v) is 11.9. The van der Waals surface area contributed by atoms with Gasteiger partial charge in [-0.2, -0.15) is 0 Å². The van der Waals surface area contributed by atoms with Gasteiger partial charge in [0.25, 0.3) is 5.91 Å². The van der Waals surface area contributed by atoms with Crippen molar-refractivity contribution >= 4 is 27.5 Å². The minimum absolute atomic E-state index is 0.0148. The summed E-state index contributed by atoms with van der Waals surface area (Å²) in [6, 6.07) is 7.94. The maximum absolute atomic E-state index is 13.5. The predicted molar refractivity (Wildman–Crippen MR) is 76.1 cm³/mol. The first-order valence-electron chi connectivity index (χ1n) is 5.74. The molecule has 0 radical (unpaired) electrons. The number of nitrogens with one attached hydrogen (secondary N) is 1. The van der Waals surface area contributed by atoms with Crippen LogP contribution in [0.25, 0.3) is 0 Å². The lowest BCUT2D eigenvalue weighted by molar-refractivity contribution is 0.0951. The Morgan fingerprint density at radius 2 is 1.95 bits per heavy atom. The van der Waals surface area contributed by atoms with Crippen molar-refractivity contribution in [3.05, 3.63) is 63.6 Å². The summed E-state index contributed by atoms with van der Waals surface area (Å²) in [4.78, 5) is 11.9. The third-order valence-corrected chi connectivity index (χ3v) is 3.20. The number of carbonyl (C=O) groups excluding carboxylic acids is 1. The number of halogens is 3. The summed E-state index contributed by atoms with van der Waals surface area (Å²) in [5, 5.41) is 2.54. The molecule has 3 nitrogen and oxygen atoms in total. The Labute approximate surface area is 122 Å². The molecule has 0 aliphatic rings. The van der Waals surface area contributed by atoms with Gasteiger partial charge in [0.2, 0.25) is 0 Å². The SMILES string of the molecule is Nc1cc(F)ccc1C(=O)NCc1cc(Br)ccc1F. The van der Waals surface area contributed by atoms with Crippen LogP contribution < -0.4 is 11.1 Å². The zero-order valence-electron chi connectivity index (χ0n) is 10.3. The van der Waals surface area contributed by atoms with Gasteiger partial charge in [0.05, 0.1) is 5.56 Å². The highest BCUT2D eigenvalue weighted by Crippen LogP contribution is 2.16. The number of rotatable bonds is 3. The van der Waals surface area contributed by atoms with Gasteiger partial charge in [-0.25, -0.2) is 8.78 Å². The molecule has 104 valence electrons. The number of carbonyl (C=O) groups is 1. The molecule has 2 rings (SSSR count). The van der Waals surface area contributed by atoms with Crippen LogP contribution in [0, 0.1) is 11.6 Å². The highest BCUT2D eigenvalue weighted by molar-refractivity contribution is 9.10. The molecule has 0 bridgehead atoms. The first kappa shape index (κ1) is 14.5. The molecule has 1 amide bonds. The molecule has 20 heavy (non-hydrogen) atoms. The standard InChI is InChI=1S/C14H11BrF2N2O/c15-9-1-4-12(17)8(5-9)7-19-14(20)11-3-2-10(16)6-13(11)18/h1-6H,7,18H2,(H,19,20). The highest BCUT2D eigenvalue weighted by atomic mass is 79.9. The van der Waals surface area contributed by atoms with Crippen LogP contribution in [0.5, 0.6) is 0 Å². The van der Waals surface area contributed by atoms with Gasteiger partial charge in [0.1, 0.15) is 11.6 Å². The lowest BCUT2D eigenvalue weighted by Gasteiger charge is -2.08. The molecule has 0 spiro atoms. The minimum Gasteiger partial charge on any atom is -0.398 e. The number of hydrogen-bond acceptors (Lipinski definition) is 2. The summed E-state index contributed by atoms with van der Waals surface area (Å²) in [5.74, 6) is -1.42. The largest absolute Gasteiger partial charge is 0.398 e. The van der Waals surface area contributed by atoms with Crippen molar-refractivity contribution < 1.29 is 13.6 Å². The molecule has 0 heterocycles. The normalized spacial score (nSPS) is 10.3. The van der Waals surface area contributed by atoms with Gasteiger partial charge in [-0.1, -0.05) is 15.9 Å². The minimum atomic E-state index is -0.517. The van der Waals surface area contributed by atoms with Gasteiger partial charge in [-0.3, -0.25) is 4.79 Å². The monoisotopic (exact) mass is 340 g/mol. The molecule has 6 heteroatoms. The maximum Gasteiger partial charge on any atom is 0.253 e. The van der Waals surface area contributed by atoms with Gasteiger partial charge in [0.15, 0.2) is 0 Å². The number of anilines is 1. The number of nitrogens with two attached hydrogens (primary N) is 1. The topological polar surface area (TPSA) is 55.1 Å². The third kappa shape index (κ3) is 3.33. The second-order valence-corrected chi connectivity index (χ2v) is 5.07. The molecular weight excluding hydrogens is 330 g/mol. The van der Waals surface area contributed by atoms with Crippen LogP contribution >= 0.6 is 15.9 Å².